The predicted octanol–water partition coefficient (Wildman–Crippen LogP) is 2.94. The first kappa shape index (κ1) is 9.36. The standard InChI is InChI=1S/C7H2Cl2IN3/c8-6-3-1-11-2-4(10)5(3)12-7(9)13-6/h1-2H. The van der Waals surface area contributed by atoms with Crippen molar-refractivity contribution in [1.82, 2.24) is 15.0 Å². The third-order valence-electron chi connectivity index (χ3n) is 1.49. The molecule has 0 N–H and O–H groups in total. The molecule has 0 aromatic carbocycles. The molecule has 2 aromatic rings. The molecule has 0 bridgehead atoms. The molecule has 3 nitrogen and oxygen atoms in total. The van der Waals surface area contributed by atoms with Gasteiger partial charge < -0.3 is 0 Å². The third-order valence-corrected chi connectivity index (χ3v) is 2.74. The molecular formula is C7H2Cl2IN3. The average molecular weight is 326 g/mol. The lowest BCUT2D eigenvalue weighted by molar-refractivity contribution is 1.20. The van der Waals surface area contributed by atoms with Gasteiger partial charge in [0.15, 0.2) is 0 Å². The minimum Gasteiger partial charge on any atom is -0.263 e. The fourth-order valence-corrected chi connectivity index (χ4v) is 1.95. The van der Waals surface area contributed by atoms with Crippen LogP contribution in [0.5, 0.6) is 0 Å². The van der Waals surface area contributed by atoms with Gasteiger partial charge in [-0.05, 0) is 34.2 Å². The Balaban J connectivity index is 2.94. The first-order chi connectivity index (χ1) is 6.18. The Morgan fingerprint density at radius 1 is 1.15 bits per heavy atom. The second-order valence-corrected chi connectivity index (χ2v) is 4.16. The molecule has 0 aliphatic carbocycles. The molecule has 6 heteroatoms. The number of pyridine rings is 1. The van der Waals surface area contributed by atoms with E-state index in [9.17, 15) is 0 Å². The molecule has 0 fully saturated rings. The quantitative estimate of drug-likeness (QED) is 0.424. The first-order valence-electron chi connectivity index (χ1n) is 3.31. The van der Waals surface area contributed by atoms with E-state index in [2.05, 4.69) is 37.5 Å². The molecule has 0 aliphatic rings. The van der Waals surface area contributed by atoms with Crippen molar-refractivity contribution in [3.8, 4) is 0 Å². The molecule has 0 spiro atoms. The Morgan fingerprint density at radius 3 is 2.69 bits per heavy atom. The fourth-order valence-electron chi connectivity index (χ4n) is 0.951. The van der Waals surface area contributed by atoms with Gasteiger partial charge in [0.05, 0.1) is 14.5 Å². The maximum absolute atomic E-state index is 5.86. The minimum absolute atomic E-state index is 0.154. The van der Waals surface area contributed by atoms with Crippen LogP contribution in [0.3, 0.4) is 0 Å². The van der Waals surface area contributed by atoms with Gasteiger partial charge >= 0.3 is 0 Å². The van der Waals surface area contributed by atoms with E-state index in [1.54, 1.807) is 12.4 Å². The summed E-state index contributed by atoms with van der Waals surface area (Å²) in [7, 11) is 0. The topological polar surface area (TPSA) is 38.7 Å². The van der Waals surface area contributed by atoms with Gasteiger partial charge in [0.25, 0.3) is 0 Å². The fraction of sp³-hybridized carbons (Fsp3) is 0. The van der Waals surface area contributed by atoms with Crippen LogP contribution in [0.2, 0.25) is 10.4 Å². The molecule has 0 radical (unpaired) electrons. The maximum Gasteiger partial charge on any atom is 0.224 e. The lowest BCUT2D eigenvalue weighted by atomic mass is 10.3. The number of hydrogen-bond acceptors (Lipinski definition) is 3. The van der Waals surface area contributed by atoms with Crippen molar-refractivity contribution in [2.24, 2.45) is 0 Å². The molecule has 0 saturated heterocycles. The second-order valence-electron chi connectivity index (χ2n) is 2.30. The summed E-state index contributed by atoms with van der Waals surface area (Å²) in [5, 5.41) is 1.21. The molecule has 0 atom stereocenters. The van der Waals surface area contributed by atoms with Gasteiger partial charge in [-0.25, -0.2) is 9.97 Å². The van der Waals surface area contributed by atoms with Crippen molar-refractivity contribution >= 4 is 56.7 Å². The van der Waals surface area contributed by atoms with Crippen LogP contribution in [0, 0.1) is 3.57 Å². The van der Waals surface area contributed by atoms with Crippen LogP contribution in [0.15, 0.2) is 12.4 Å². The van der Waals surface area contributed by atoms with E-state index < -0.39 is 0 Å². The van der Waals surface area contributed by atoms with Crippen LogP contribution in [0.1, 0.15) is 0 Å². The Morgan fingerprint density at radius 2 is 1.92 bits per heavy atom. The summed E-state index contributed by atoms with van der Waals surface area (Å²) in [6.45, 7) is 0. The summed E-state index contributed by atoms with van der Waals surface area (Å²) >= 11 is 13.6. The van der Waals surface area contributed by atoms with Crippen LogP contribution in [-0.4, -0.2) is 15.0 Å². The van der Waals surface area contributed by atoms with E-state index in [4.69, 9.17) is 23.2 Å². The van der Waals surface area contributed by atoms with Gasteiger partial charge in [0, 0.05) is 12.4 Å². The molecule has 0 aliphatic heterocycles. The molecule has 0 unspecified atom stereocenters. The second kappa shape index (κ2) is 3.51. The molecule has 0 amide bonds. The summed E-state index contributed by atoms with van der Waals surface area (Å²) in [5.74, 6) is 0. The van der Waals surface area contributed by atoms with Crippen LogP contribution >= 0.6 is 45.8 Å². The summed E-state index contributed by atoms with van der Waals surface area (Å²) in [6, 6.07) is 0. The van der Waals surface area contributed by atoms with Gasteiger partial charge in [-0.1, -0.05) is 11.6 Å². The van der Waals surface area contributed by atoms with Crippen molar-refractivity contribution in [2.45, 2.75) is 0 Å². The molecule has 2 aromatic heterocycles. The number of aromatic nitrogens is 3. The van der Waals surface area contributed by atoms with Crippen LogP contribution in [-0.2, 0) is 0 Å². The number of nitrogens with zero attached hydrogens (tertiary/aromatic N) is 3. The van der Waals surface area contributed by atoms with Crippen LogP contribution < -0.4 is 0 Å². The molecule has 2 rings (SSSR count). The number of hydrogen-bond donors (Lipinski definition) is 0. The maximum atomic E-state index is 5.86. The van der Waals surface area contributed by atoms with Gasteiger partial charge in [0.2, 0.25) is 5.28 Å². The average Bonchev–Trinajstić information content (AvgIpc) is 2.07. The lowest BCUT2D eigenvalue weighted by Gasteiger charge is -2.00. The molecule has 13 heavy (non-hydrogen) atoms. The van der Waals surface area contributed by atoms with Crippen LogP contribution in [0.4, 0.5) is 0 Å². The van der Waals surface area contributed by atoms with E-state index in [1.807, 2.05) is 0 Å². The molecular weight excluding hydrogens is 324 g/mol. The van der Waals surface area contributed by atoms with Crippen molar-refractivity contribution in [3.05, 3.63) is 26.4 Å². The number of halogens is 3. The highest BCUT2D eigenvalue weighted by Crippen LogP contribution is 2.24. The summed E-state index contributed by atoms with van der Waals surface area (Å²) < 4.78 is 0.904. The van der Waals surface area contributed by atoms with Crippen molar-refractivity contribution < 1.29 is 0 Å². The number of rotatable bonds is 0. The van der Waals surface area contributed by atoms with Crippen molar-refractivity contribution in [2.75, 3.05) is 0 Å². The molecule has 0 saturated carbocycles. The highest BCUT2D eigenvalue weighted by atomic mass is 127. The zero-order chi connectivity index (χ0) is 9.42. The summed E-state index contributed by atoms with van der Waals surface area (Å²) in [5.41, 5.74) is 0.737. The van der Waals surface area contributed by atoms with E-state index in [-0.39, 0.29) is 5.28 Å². The lowest BCUT2D eigenvalue weighted by Crippen LogP contribution is -1.90. The summed E-state index contributed by atoms with van der Waals surface area (Å²) in [4.78, 5) is 11.9. The summed E-state index contributed by atoms with van der Waals surface area (Å²) in [6.07, 6.45) is 3.32. The van der Waals surface area contributed by atoms with Gasteiger partial charge in [-0.15, -0.1) is 0 Å². The third kappa shape index (κ3) is 1.70. The zero-order valence-corrected chi connectivity index (χ0v) is 9.80. The zero-order valence-electron chi connectivity index (χ0n) is 6.13. The number of fused-ring (bicyclic) bond motifs is 1. The Kier molecular flexibility index (Phi) is 2.53. The Labute approximate surface area is 97.6 Å². The molecule has 66 valence electrons. The Hall–Kier alpha value is -0.200. The van der Waals surface area contributed by atoms with Crippen LogP contribution in [0.25, 0.3) is 10.9 Å². The van der Waals surface area contributed by atoms with Gasteiger partial charge in [-0.3, -0.25) is 4.98 Å². The Bertz CT molecular complexity index is 474. The monoisotopic (exact) mass is 325 g/mol. The normalized spacial score (nSPS) is 10.7. The van der Waals surface area contributed by atoms with Crippen molar-refractivity contribution in [3.63, 3.8) is 0 Å². The highest BCUT2D eigenvalue weighted by Gasteiger charge is 2.06. The van der Waals surface area contributed by atoms with E-state index in [0.29, 0.717) is 5.15 Å². The van der Waals surface area contributed by atoms with E-state index in [0.717, 1.165) is 14.5 Å². The SMILES string of the molecule is Clc1nc(Cl)c2cncc(I)c2n1. The predicted molar refractivity (Wildman–Crippen MR) is 60.1 cm³/mol. The van der Waals surface area contributed by atoms with Gasteiger partial charge in [0.1, 0.15) is 5.15 Å². The van der Waals surface area contributed by atoms with Crippen molar-refractivity contribution in [1.29, 1.82) is 0 Å². The smallest absolute Gasteiger partial charge is 0.224 e. The van der Waals surface area contributed by atoms with E-state index >= 15 is 0 Å². The first-order valence-corrected chi connectivity index (χ1v) is 5.14. The molecule has 2 heterocycles. The minimum atomic E-state index is 0.154. The highest BCUT2D eigenvalue weighted by molar-refractivity contribution is 14.1. The van der Waals surface area contributed by atoms with Gasteiger partial charge in [-0.2, -0.15) is 0 Å². The van der Waals surface area contributed by atoms with E-state index in [1.165, 1.54) is 0 Å². The largest absolute Gasteiger partial charge is 0.263 e.